The Labute approximate surface area is 179 Å². The summed E-state index contributed by atoms with van der Waals surface area (Å²) in [5, 5.41) is 10.6. The molecule has 0 spiro atoms. The van der Waals surface area contributed by atoms with E-state index < -0.39 is 17.0 Å². The molecule has 0 unspecified atom stereocenters. The monoisotopic (exact) mass is 439 g/mol. The fraction of sp³-hybridized carbons (Fsp3) is 0.409. The first-order chi connectivity index (χ1) is 13.2. The third-order valence-electron chi connectivity index (χ3n) is 4.95. The minimum absolute atomic E-state index is 0.399. The van der Waals surface area contributed by atoms with Crippen LogP contribution in [0.3, 0.4) is 0 Å². The Morgan fingerprint density at radius 3 is 2.41 bits per heavy atom. The third-order valence-corrected chi connectivity index (χ3v) is 4.95. The van der Waals surface area contributed by atoms with Crippen molar-refractivity contribution >= 4 is 30.5 Å². The molecule has 0 amide bonds. The van der Waals surface area contributed by atoms with E-state index in [4.69, 9.17) is 18.6 Å². The summed E-state index contributed by atoms with van der Waals surface area (Å²) in [5.74, 6) is 1.04. The van der Waals surface area contributed by atoms with Crippen molar-refractivity contribution in [1.29, 1.82) is 0 Å². The van der Waals surface area contributed by atoms with E-state index in [9.17, 15) is 5.11 Å². The summed E-state index contributed by atoms with van der Waals surface area (Å²) in [6.45, 7) is 2.16. The van der Waals surface area contributed by atoms with E-state index in [-0.39, 0.29) is 0 Å². The van der Waals surface area contributed by atoms with Gasteiger partial charge in [0.25, 0.3) is 0 Å². The van der Waals surface area contributed by atoms with Crippen molar-refractivity contribution in [2.24, 2.45) is 4.99 Å². The zero-order valence-electron chi connectivity index (χ0n) is 15.8. The van der Waals surface area contributed by atoms with Crippen LogP contribution in [0.25, 0.3) is 0 Å². The second-order valence-corrected chi connectivity index (χ2v) is 9.45. The Balaban J connectivity index is 0.000000817. The van der Waals surface area contributed by atoms with E-state index in [2.05, 4.69) is 24.0 Å². The van der Waals surface area contributed by atoms with Gasteiger partial charge < -0.3 is 5.11 Å². The molecule has 5 heteroatoms. The number of phenols is 1. The van der Waals surface area contributed by atoms with Crippen molar-refractivity contribution in [2.75, 3.05) is 0 Å². The molecule has 1 aliphatic rings. The Morgan fingerprint density at radius 2 is 1.78 bits per heavy atom. The number of rotatable bonds is 5. The number of aliphatic imine (C=N–C) groups is 1. The maximum atomic E-state index is 10.6. The summed E-state index contributed by atoms with van der Waals surface area (Å²) in [4.78, 5) is 4.54. The third kappa shape index (κ3) is 7.27. The molecular formula is C22H27Cl2NOTi. The number of benzene rings is 2. The quantitative estimate of drug-likeness (QED) is 0.379. The molecule has 0 radical (unpaired) electrons. The van der Waals surface area contributed by atoms with Gasteiger partial charge in [-0.05, 0) is 54.5 Å². The first kappa shape index (κ1) is 22.5. The molecular weight excluding hydrogens is 413 g/mol. The van der Waals surface area contributed by atoms with Gasteiger partial charge >= 0.3 is 35.6 Å². The van der Waals surface area contributed by atoms with Crippen molar-refractivity contribution in [1.82, 2.24) is 0 Å². The molecule has 2 aromatic carbocycles. The summed E-state index contributed by atoms with van der Waals surface area (Å²) >= 11 is -0.556. The van der Waals surface area contributed by atoms with E-state index in [1.54, 1.807) is 0 Å². The Hall–Kier alpha value is -0.796. The maximum absolute atomic E-state index is 10.6. The SMILES string of the molecule is CCCc1cc(C2CCCCC2)cc(C=Nc2ccccc2)c1O.[Cl][Ti][Cl]. The zero-order chi connectivity index (χ0) is 19.5. The van der Waals surface area contributed by atoms with Gasteiger partial charge in [-0.1, -0.05) is 56.9 Å². The number of aromatic hydroxyl groups is 1. The molecule has 144 valence electrons. The van der Waals surface area contributed by atoms with Crippen LogP contribution in [-0.2, 0) is 23.5 Å². The first-order valence-electron chi connectivity index (χ1n) is 9.60. The van der Waals surface area contributed by atoms with Crippen LogP contribution < -0.4 is 0 Å². The molecule has 27 heavy (non-hydrogen) atoms. The van der Waals surface area contributed by atoms with E-state index in [0.717, 1.165) is 29.7 Å². The van der Waals surface area contributed by atoms with Crippen LogP contribution in [0.1, 0.15) is 68.1 Å². The van der Waals surface area contributed by atoms with Gasteiger partial charge in [-0.3, -0.25) is 4.99 Å². The minimum atomic E-state index is -0.556. The fourth-order valence-corrected chi connectivity index (χ4v) is 3.63. The normalized spacial score (nSPS) is 14.6. The number of aryl methyl sites for hydroxylation is 1. The number of hydrogen-bond acceptors (Lipinski definition) is 2. The van der Waals surface area contributed by atoms with Crippen LogP contribution in [0.2, 0.25) is 0 Å². The van der Waals surface area contributed by atoms with Crippen molar-refractivity contribution in [2.45, 2.75) is 57.8 Å². The van der Waals surface area contributed by atoms with Gasteiger partial charge in [-0.25, -0.2) is 0 Å². The van der Waals surface area contributed by atoms with Gasteiger partial charge in [0, 0.05) is 11.8 Å². The molecule has 0 atom stereocenters. The van der Waals surface area contributed by atoms with E-state index in [1.165, 1.54) is 37.7 Å². The molecule has 1 aliphatic carbocycles. The predicted molar refractivity (Wildman–Crippen MR) is 113 cm³/mol. The molecule has 2 nitrogen and oxygen atoms in total. The van der Waals surface area contributed by atoms with Crippen molar-refractivity contribution in [3.63, 3.8) is 0 Å². The molecule has 3 rings (SSSR count). The van der Waals surface area contributed by atoms with Crippen LogP contribution in [0.15, 0.2) is 47.5 Å². The van der Waals surface area contributed by atoms with Gasteiger partial charge in [0.1, 0.15) is 5.75 Å². The standard InChI is InChI=1S/C22H27NO.2ClH.Ti/c1-2-9-18-14-19(17-10-5-3-6-11-17)15-20(22(18)24)16-23-21-12-7-4-8-13-21;;;/h4,7-8,12-17,24H,2-3,5-6,9-11H2,1H3;2*1H;/q;;;+2/p-2. The Kier molecular flexibility index (Phi) is 10.5. The molecule has 0 aliphatic heterocycles. The van der Waals surface area contributed by atoms with Gasteiger partial charge in [-0.15, -0.1) is 0 Å². The Bertz CT molecular complexity index is 716. The number of para-hydroxylation sites is 1. The first-order valence-corrected chi connectivity index (χ1v) is 13.9. The van der Waals surface area contributed by atoms with Crippen LogP contribution in [0, 0.1) is 0 Å². The number of halogens is 2. The number of nitrogens with zero attached hydrogens (tertiary/aromatic N) is 1. The number of phenolic OH excluding ortho intramolecular Hbond substituents is 1. The van der Waals surface area contributed by atoms with E-state index in [0.29, 0.717) is 11.7 Å². The summed E-state index contributed by atoms with van der Waals surface area (Å²) in [5.41, 5.74) is 4.21. The fourth-order valence-electron chi connectivity index (χ4n) is 3.63. The summed E-state index contributed by atoms with van der Waals surface area (Å²) in [6.07, 6.45) is 10.3. The second kappa shape index (κ2) is 12.6. The average Bonchev–Trinajstić information content (AvgIpc) is 2.71. The van der Waals surface area contributed by atoms with Crippen LogP contribution >= 0.6 is 18.6 Å². The van der Waals surface area contributed by atoms with Crippen molar-refractivity contribution in [3.8, 4) is 5.75 Å². The van der Waals surface area contributed by atoms with Crippen LogP contribution in [0.5, 0.6) is 5.75 Å². The molecule has 1 fully saturated rings. The van der Waals surface area contributed by atoms with Gasteiger partial charge in [0.2, 0.25) is 0 Å². The molecule has 0 saturated heterocycles. The summed E-state index contributed by atoms with van der Waals surface area (Å²) in [6, 6.07) is 14.3. The molecule has 2 aromatic rings. The van der Waals surface area contributed by atoms with Crippen molar-refractivity contribution in [3.05, 3.63) is 59.2 Å². The Morgan fingerprint density at radius 1 is 1.11 bits per heavy atom. The number of hydrogen-bond donors (Lipinski definition) is 1. The summed E-state index contributed by atoms with van der Waals surface area (Å²) in [7, 11) is 9.78. The van der Waals surface area contributed by atoms with Gasteiger partial charge in [0.05, 0.1) is 5.69 Å². The van der Waals surface area contributed by atoms with Gasteiger partial charge in [-0.2, -0.15) is 0 Å². The predicted octanol–water partition coefficient (Wildman–Crippen LogP) is 7.52. The van der Waals surface area contributed by atoms with Crippen molar-refractivity contribution < 1.29 is 22.1 Å². The van der Waals surface area contributed by atoms with Gasteiger partial charge in [0.15, 0.2) is 0 Å². The van der Waals surface area contributed by atoms with E-state index in [1.807, 2.05) is 36.5 Å². The molecule has 0 aromatic heterocycles. The second-order valence-electron chi connectivity index (χ2n) is 6.87. The van der Waals surface area contributed by atoms with E-state index >= 15 is 0 Å². The average molecular weight is 440 g/mol. The summed E-state index contributed by atoms with van der Waals surface area (Å²) < 4.78 is 0. The molecule has 1 saturated carbocycles. The van der Waals surface area contributed by atoms with Crippen LogP contribution in [-0.4, -0.2) is 11.3 Å². The topological polar surface area (TPSA) is 32.6 Å². The molecule has 1 N–H and O–H groups in total. The molecule has 0 heterocycles. The molecule has 0 bridgehead atoms. The van der Waals surface area contributed by atoms with Crippen LogP contribution in [0.4, 0.5) is 5.69 Å². The zero-order valence-corrected chi connectivity index (χ0v) is 18.9.